The summed E-state index contributed by atoms with van der Waals surface area (Å²) >= 11 is 0. The summed E-state index contributed by atoms with van der Waals surface area (Å²) in [5.74, 6) is -0.118. The van der Waals surface area contributed by atoms with Crippen LogP contribution >= 0.6 is 0 Å². The number of benzene rings is 2. The van der Waals surface area contributed by atoms with E-state index in [0.29, 0.717) is 28.4 Å². The van der Waals surface area contributed by atoms with Gasteiger partial charge in [0.2, 0.25) is 5.91 Å². The first kappa shape index (κ1) is 20.1. The summed E-state index contributed by atoms with van der Waals surface area (Å²) in [6.45, 7) is 5.37. The minimum atomic E-state index is -0.340. The number of hydrogen-bond donors (Lipinski definition) is 2. The number of methoxy groups -OCH3 is 1. The van der Waals surface area contributed by atoms with Crippen molar-refractivity contribution in [3.05, 3.63) is 71.0 Å². The number of carbonyl (C=O) groups excluding carboxylic acids is 2. The number of carbonyl (C=O) groups is 2. The molecule has 0 aliphatic carbocycles. The first-order chi connectivity index (χ1) is 13.9. The predicted octanol–water partition coefficient (Wildman–Crippen LogP) is 3.17. The van der Waals surface area contributed by atoms with Gasteiger partial charge in [0.25, 0.3) is 5.91 Å². The van der Waals surface area contributed by atoms with Crippen molar-refractivity contribution in [2.75, 3.05) is 19.0 Å². The molecule has 29 heavy (non-hydrogen) atoms. The van der Waals surface area contributed by atoms with Crippen molar-refractivity contribution in [3.8, 4) is 11.4 Å². The molecule has 0 atom stereocenters. The van der Waals surface area contributed by atoms with Crippen LogP contribution in [0.1, 0.15) is 27.3 Å². The normalized spacial score (nSPS) is 10.5. The van der Waals surface area contributed by atoms with Crippen molar-refractivity contribution in [2.24, 2.45) is 0 Å². The SMILES string of the molecule is COc1ccc(C)cc1NC(=O)CNC(=O)c1c(C)nn(-c2ccccc2)c1C. The maximum atomic E-state index is 12.7. The van der Waals surface area contributed by atoms with E-state index in [-0.39, 0.29) is 18.4 Å². The Kier molecular flexibility index (Phi) is 5.97. The molecule has 7 heteroatoms. The van der Waals surface area contributed by atoms with Crippen LogP contribution in [0.15, 0.2) is 48.5 Å². The van der Waals surface area contributed by atoms with E-state index in [1.165, 1.54) is 7.11 Å². The van der Waals surface area contributed by atoms with Gasteiger partial charge in [-0.05, 0) is 50.6 Å². The number of aryl methyl sites for hydroxylation is 2. The molecule has 0 aliphatic rings. The quantitative estimate of drug-likeness (QED) is 0.675. The average molecular weight is 392 g/mol. The summed E-state index contributed by atoms with van der Waals surface area (Å²) in [5.41, 5.74) is 4.21. The van der Waals surface area contributed by atoms with Gasteiger partial charge in [-0.2, -0.15) is 5.10 Å². The summed E-state index contributed by atoms with van der Waals surface area (Å²) in [6, 6.07) is 15.1. The lowest BCUT2D eigenvalue weighted by molar-refractivity contribution is -0.115. The Balaban J connectivity index is 1.69. The van der Waals surface area contributed by atoms with Gasteiger partial charge in [-0.25, -0.2) is 4.68 Å². The van der Waals surface area contributed by atoms with Crippen molar-refractivity contribution >= 4 is 17.5 Å². The molecular formula is C22H24N4O3. The van der Waals surface area contributed by atoms with Crippen molar-refractivity contribution < 1.29 is 14.3 Å². The summed E-state index contributed by atoms with van der Waals surface area (Å²) in [7, 11) is 1.54. The number of nitrogens with zero attached hydrogens (tertiary/aromatic N) is 2. The standard InChI is InChI=1S/C22H24N4O3/c1-14-10-11-19(29-4)18(12-14)24-20(27)13-23-22(28)21-15(2)25-26(16(21)3)17-8-6-5-7-9-17/h5-12H,13H2,1-4H3,(H,23,28)(H,24,27). The number of nitrogens with one attached hydrogen (secondary N) is 2. The highest BCUT2D eigenvalue weighted by Crippen LogP contribution is 2.25. The van der Waals surface area contributed by atoms with Crippen LogP contribution in [0.3, 0.4) is 0 Å². The van der Waals surface area contributed by atoms with Gasteiger partial charge in [0.05, 0.1) is 42.0 Å². The topological polar surface area (TPSA) is 85.2 Å². The molecule has 2 aromatic carbocycles. The molecule has 0 saturated heterocycles. The van der Waals surface area contributed by atoms with Crippen molar-refractivity contribution in [1.29, 1.82) is 0 Å². The fourth-order valence-electron chi connectivity index (χ4n) is 3.15. The lowest BCUT2D eigenvalue weighted by Crippen LogP contribution is -2.33. The smallest absolute Gasteiger partial charge is 0.255 e. The van der Waals surface area contributed by atoms with Crippen molar-refractivity contribution in [2.45, 2.75) is 20.8 Å². The maximum Gasteiger partial charge on any atom is 0.255 e. The van der Waals surface area contributed by atoms with Crippen LogP contribution in [0, 0.1) is 20.8 Å². The molecule has 0 bridgehead atoms. The Morgan fingerprint density at radius 1 is 1.07 bits per heavy atom. The van der Waals surface area contributed by atoms with E-state index in [1.807, 2.05) is 56.3 Å². The number of aromatic nitrogens is 2. The zero-order valence-electron chi connectivity index (χ0n) is 16.9. The molecule has 0 aliphatic heterocycles. The van der Waals surface area contributed by atoms with E-state index in [4.69, 9.17) is 4.74 Å². The van der Waals surface area contributed by atoms with E-state index in [2.05, 4.69) is 15.7 Å². The maximum absolute atomic E-state index is 12.7. The zero-order chi connectivity index (χ0) is 21.0. The third kappa shape index (κ3) is 4.45. The molecule has 3 rings (SSSR count). The number of ether oxygens (including phenoxy) is 1. The average Bonchev–Trinajstić information content (AvgIpc) is 3.01. The highest BCUT2D eigenvalue weighted by Gasteiger charge is 2.20. The van der Waals surface area contributed by atoms with Crippen LogP contribution in [-0.4, -0.2) is 35.2 Å². The Morgan fingerprint density at radius 3 is 2.48 bits per heavy atom. The summed E-state index contributed by atoms with van der Waals surface area (Å²) in [6.07, 6.45) is 0. The van der Waals surface area contributed by atoms with E-state index in [0.717, 1.165) is 11.3 Å². The zero-order valence-corrected chi connectivity index (χ0v) is 16.9. The number of para-hydroxylation sites is 1. The van der Waals surface area contributed by atoms with E-state index in [1.54, 1.807) is 17.7 Å². The fraction of sp³-hybridized carbons (Fsp3) is 0.227. The predicted molar refractivity (Wildman–Crippen MR) is 112 cm³/mol. The molecule has 2 N–H and O–H groups in total. The molecule has 3 aromatic rings. The number of amides is 2. The largest absolute Gasteiger partial charge is 0.495 e. The van der Waals surface area contributed by atoms with Crippen LogP contribution in [0.5, 0.6) is 5.75 Å². The van der Waals surface area contributed by atoms with E-state index >= 15 is 0 Å². The highest BCUT2D eigenvalue weighted by atomic mass is 16.5. The molecule has 0 unspecified atom stereocenters. The highest BCUT2D eigenvalue weighted by molar-refractivity contribution is 6.01. The Bertz CT molecular complexity index is 1040. The summed E-state index contributed by atoms with van der Waals surface area (Å²) in [4.78, 5) is 25.0. The Hall–Kier alpha value is -3.61. The Labute approximate surface area is 169 Å². The molecule has 0 spiro atoms. The number of rotatable bonds is 6. The molecule has 150 valence electrons. The van der Waals surface area contributed by atoms with Gasteiger partial charge in [-0.1, -0.05) is 24.3 Å². The van der Waals surface area contributed by atoms with Gasteiger partial charge in [0.15, 0.2) is 0 Å². The molecule has 2 amide bonds. The second-order valence-electron chi connectivity index (χ2n) is 6.73. The third-order valence-electron chi connectivity index (χ3n) is 4.56. The molecule has 0 saturated carbocycles. The minimum absolute atomic E-state index is 0.161. The van der Waals surface area contributed by atoms with Crippen LogP contribution in [-0.2, 0) is 4.79 Å². The van der Waals surface area contributed by atoms with Crippen LogP contribution in [0.4, 0.5) is 5.69 Å². The van der Waals surface area contributed by atoms with Crippen LogP contribution < -0.4 is 15.4 Å². The van der Waals surface area contributed by atoms with Gasteiger partial charge >= 0.3 is 0 Å². The fourth-order valence-corrected chi connectivity index (χ4v) is 3.15. The first-order valence-corrected chi connectivity index (χ1v) is 9.25. The van der Waals surface area contributed by atoms with Gasteiger partial charge in [-0.15, -0.1) is 0 Å². The monoisotopic (exact) mass is 392 g/mol. The van der Waals surface area contributed by atoms with Gasteiger partial charge < -0.3 is 15.4 Å². The second-order valence-corrected chi connectivity index (χ2v) is 6.73. The van der Waals surface area contributed by atoms with Gasteiger partial charge in [0.1, 0.15) is 5.75 Å². The summed E-state index contributed by atoms with van der Waals surface area (Å²) < 4.78 is 6.98. The first-order valence-electron chi connectivity index (χ1n) is 9.25. The lowest BCUT2D eigenvalue weighted by atomic mass is 10.2. The van der Waals surface area contributed by atoms with Crippen molar-refractivity contribution in [3.63, 3.8) is 0 Å². The number of hydrogen-bond acceptors (Lipinski definition) is 4. The molecule has 0 radical (unpaired) electrons. The van der Waals surface area contributed by atoms with Crippen molar-refractivity contribution in [1.82, 2.24) is 15.1 Å². The molecule has 0 fully saturated rings. The Morgan fingerprint density at radius 2 is 1.79 bits per heavy atom. The molecule has 7 nitrogen and oxygen atoms in total. The van der Waals surface area contributed by atoms with Crippen LogP contribution in [0.2, 0.25) is 0 Å². The minimum Gasteiger partial charge on any atom is -0.495 e. The van der Waals surface area contributed by atoms with Gasteiger partial charge in [-0.3, -0.25) is 9.59 Å². The molecule has 1 heterocycles. The third-order valence-corrected chi connectivity index (χ3v) is 4.56. The molecular weight excluding hydrogens is 368 g/mol. The van der Waals surface area contributed by atoms with E-state index < -0.39 is 0 Å². The van der Waals surface area contributed by atoms with Gasteiger partial charge in [0, 0.05) is 0 Å². The summed E-state index contributed by atoms with van der Waals surface area (Å²) in [5, 5.41) is 9.91. The lowest BCUT2D eigenvalue weighted by Gasteiger charge is -2.11. The van der Waals surface area contributed by atoms with Crippen LogP contribution in [0.25, 0.3) is 5.69 Å². The second kappa shape index (κ2) is 8.60. The number of anilines is 1. The molecule has 1 aromatic heterocycles. The van der Waals surface area contributed by atoms with E-state index in [9.17, 15) is 9.59 Å².